The summed E-state index contributed by atoms with van der Waals surface area (Å²) >= 11 is 0. The molecule has 2 aromatic rings. The normalized spacial score (nSPS) is 24.3. The van der Waals surface area contributed by atoms with Gasteiger partial charge >= 0.3 is 6.03 Å². The predicted molar refractivity (Wildman–Crippen MR) is 115 cm³/mol. The third kappa shape index (κ3) is 3.04. The average molecular weight is 452 g/mol. The molecule has 2 atom stereocenters. The van der Waals surface area contributed by atoms with Crippen LogP contribution in [0.5, 0.6) is 5.75 Å². The number of imide groups is 2. The van der Waals surface area contributed by atoms with Crippen molar-refractivity contribution in [1.29, 1.82) is 0 Å². The van der Waals surface area contributed by atoms with Gasteiger partial charge in [-0.15, -0.1) is 0 Å². The summed E-state index contributed by atoms with van der Waals surface area (Å²) in [5, 5.41) is 13.7. The number of fused-ring (bicyclic) bond motifs is 4. The van der Waals surface area contributed by atoms with Gasteiger partial charge in [0.1, 0.15) is 5.75 Å². The minimum Gasteiger partial charge on any atom is -0.497 e. The molecule has 0 aromatic heterocycles. The Morgan fingerprint density at radius 1 is 1.18 bits per heavy atom. The van der Waals surface area contributed by atoms with Crippen molar-refractivity contribution in [3.8, 4) is 5.75 Å². The Morgan fingerprint density at radius 2 is 1.94 bits per heavy atom. The first kappa shape index (κ1) is 20.9. The zero-order valence-electron chi connectivity index (χ0n) is 17.6. The number of nitrogens with one attached hydrogen (secondary N) is 1. The molecule has 4 amide bonds. The Bertz CT molecular complexity index is 1180. The molecule has 3 aliphatic heterocycles. The maximum absolute atomic E-state index is 14.0. The van der Waals surface area contributed by atoms with Gasteiger partial charge in [0.05, 0.1) is 37.0 Å². The number of benzene rings is 2. The lowest BCUT2D eigenvalue weighted by molar-refractivity contribution is -0.384. The van der Waals surface area contributed by atoms with Crippen molar-refractivity contribution in [2.75, 3.05) is 36.7 Å². The summed E-state index contributed by atoms with van der Waals surface area (Å²) in [5.74, 6) is -0.890. The number of barbiturate groups is 1. The fourth-order valence-electron chi connectivity index (χ4n) is 4.89. The second kappa shape index (κ2) is 7.55. The number of carbonyl (C=O) groups is 3. The molecule has 3 heterocycles. The van der Waals surface area contributed by atoms with Crippen LogP contribution < -0.4 is 19.9 Å². The topological polar surface area (TPSA) is 131 Å². The fraction of sp³-hybridized carbons (Fsp3) is 0.318. The highest BCUT2D eigenvalue weighted by Gasteiger charge is 2.63. The molecule has 0 bridgehead atoms. The van der Waals surface area contributed by atoms with Crippen LogP contribution in [0.25, 0.3) is 0 Å². The molecule has 2 aromatic carbocycles. The Morgan fingerprint density at radius 3 is 2.64 bits per heavy atom. The number of nitro groups is 1. The number of hydrogen-bond acceptors (Lipinski definition) is 8. The molecule has 33 heavy (non-hydrogen) atoms. The smallest absolute Gasteiger partial charge is 0.335 e. The van der Waals surface area contributed by atoms with E-state index in [0.717, 1.165) is 4.90 Å². The van der Waals surface area contributed by atoms with Gasteiger partial charge in [-0.25, -0.2) is 9.69 Å². The number of morpholine rings is 1. The van der Waals surface area contributed by atoms with Crippen molar-refractivity contribution in [2.45, 2.75) is 12.5 Å². The first-order chi connectivity index (χ1) is 15.9. The minimum absolute atomic E-state index is 0.0975. The summed E-state index contributed by atoms with van der Waals surface area (Å²) in [5.41, 5.74) is -0.347. The second-order valence-electron chi connectivity index (χ2n) is 8.10. The number of amides is 4. The zero-order chi connectivity index (χ0) is 23.3. The Hall–Kier alpha value is -3.99. The van der Waals surface area contributed by atoms with Gasteiger partial charge in [-0.1, -0.05) is 0 Å². The lowest BCUT2D eigenvalue weighted by Gasteiger charge is -2.53. The van der Waals surface area contributed by atoms with E-state index in [0.29, 0.717) is 30.2 Å². The van der Waals surface area contributed by atoms with Gasteiger partial charge in [0.25, 0.3) is 11.6 Å². The van der Waals surface area contributed by atoms with Crippen LogP contribution in [-0.4, -0.2) is 55.7 Å². The number of anilines is 2. The van der Waals surface area contributed by atoms with E-state index in [1.54, 1.807) is 30.3 Å². The molecule has 2 saturated heterocycles. The first-order valence-corrected chi connectivity index (χ1v) is 10.3. The maximum atomic E-state index is 14.0. The molecule has 5 rings (SSSR count). The Balaban J connectivity index is 1.64. The molecule has 0 radical (unpaired) electrons. The van der Waals surface area contributed by atoms with Crippen LogP contribution in [0.15, 0.2) is 42.5 Å². The highest BCUT2D eigenvalue weighted by molar-refractivity contribution is 6.30. The van der Waals surface area contributed by atoms with E-state index in [2.05, 4.69) is 5.32 Å². The summed E-state index contributed by atoms with van der Waals surface area (Å²) < 4.78 is 10.8. The molecule has 0 aliphatic carbocycles. The van der Waals surface area contributed by atoms with Crippen molar-refractivity contribution < 1.29 is 28.8 Å². The summed E-state index contributed by atoms with van der Waals surface area (Å²) in [6, 6.07) is 9.21. The molecule has 2 fully saturated rings. The highest BCUT2D eigenvalue weighted by atomic mass is 16.6. The standard InChI is InChI=1S/C22H20N4O7/c1-32-16-5-2-14(3-6-16)25-20(28)22(19(27)23-21(25)29)11-13-10-15(26(30)31)4-7-17(13)24-8-9-33-12-18(22)24/h2-7,10,18H,8-9,11-12H2,1H3,(H,23,27,29)/t18-,22+/m1/s1. The van der Waals surface area contributed by atoms with Crippen LogP contribution in [0.2, 0.25) is 0 Å². The van der Waals surface area contributed by atoms with Gasteiger partial charge in [-0.2, -0.15) is 0 Å². The van der Waals surface area contributed by atoms with E-state index in [-0.39, 0.29) is 24.4 Å². The van der Waals surface area contributed by atoms with Crippen LogP contribution in [0.4, 0.5) is 21.9 Å². The van der Waals surface area contributed by atoms with Gasteiger partial charge in [0.15, 0.2) is 5.41 Å². The quantitative estimate of drug-likeness (QED) is 0.422. The van der Waals surface area contributed by atoms with E-state index in [1.807, 2.05) is 4.90 Å². The first-order valence-electron chi connectivity index (χ1n) is 10.3. The second-order valence-corrected chi connectivity index (χ2v) is 8.10. The van der Waals surface area contributed by atoms with Crippen LogP contribution in [-0.2, 0) is 20.7 Å². The molecule has 11 nitrogen and oxygen atoms in total. The average Bonchev–Trinajstić information content (AvgIpc) is 2.82. The molecule has 11 heteroatoms. The number of ether oxygens (including phenoxy) is 2. The van der Waals surface area contributed by atoms with E-state index < -0.39 is 34.2 Å². The lowest BCUT2D eigenvalue weighted by atomic mass is 9.68. The molecule has 170 valence electrons. The largest absolute Gasteiger partial charge is 0.497 e. The SMILES string of the molecule is COc1ccc(N2C(=O)NC(=O)[C@@]3(Cc4cc([N+](=O)[O-])ccc4N4CCOC[C@@H]43)C2=O)cc1. The van der Waals surface area contributed by atoms with Crippen LogP contribution in [0, 0.1) is 15.5 Å². The number of nitro benzene ring substituents is 1. The Labute approximate surface area is 188 Å². The van der Waals surface area contributed by atoms with Crippen LogP contribution in [0.1, 0.15) is 5.56 Å². The van der Waals surface area contributed by atoms with Crippen LogP contribution >= 0.6 is 0 Å². The molecule has 1 N–H and O–H groups in total. The van der Waals surface area contributed by atoms with Gasteiger partial charge in [-0.05, 0) is 35.9 Å². The summed E-state index contributed by atoms with van der Waals surface area (Å²) in [7, 11) is 1.50. The summed E-state index contributed by atoms with van der Waals surface area (Å²) in [6.07, 6.45) is -0.0981. The molecule has 0 saturated carbocycles. The maximum Gasteiger partial charge on any atom is 0.335 e. The lowest BCUT2D eigenvalue weighted by Crippen LogP contribution is -2.74. The molecular formula is C22H20N4O7. The Kier molecular flexibility index (Phi) is 4.78. The van der Waals surface area contributed by atoms with E-state index in [1.165, 1.54) is 19.2 Å². The van der Waals surface area contributed by atoms with Gasteiger partial charge in [0, 0.05) is 30.8 Å². The number of nitrogens with zero attached hydrogens (tertiary/aromatic N) is 3. The third-order valence-corrected chi connectivity index (χ3v) is 6.49. The molecular weight excluding hydrogens is 432 g/mol. The van der Waals surface area contributed by atoms with Gasteiger partial charge in [0.2, 0.25) is 5.91 Å². The fourth-order valence-corrected chi connectivity index (χ4v) is 4.89. The van der Waals surface area contributed by atoms with Crippen molar-refractivity contribution in [3.63, 3.8) is 0 Å². The minimum atomic E-state index is -1.70. The number of carbonyl (C=O) groups excluding carboxylic acids is 3. The number of rotatable bonds is 3. The third-order valence-electron chi connectivity index (χ3n) is 6.49. The van der Waals surface area contributed by atoms with E-state index in [4.69, 9.17) is 9.47 Å². The van der Waals surface area contributed by atoms with E-state index >= 15 is 0 Å². The molecule has 1 spiro atoms. The van der Waals surface area contributed by atoms with E-state index in [9.17, 15) is 24.5 Å². The van der Waals surface area contributed by atoms with Gasteiger partial charge < -0.3 is 14.4 Å². The molecule has 0 unspecified atom stereocenters. The van der Waals surface area contributed by atoms with Gasteiger partial charge in [-0.3, -0.25) is 25.0 Å². The zero-order valence-corrected chi connectivity index (χ0v) is 17.6. The van der Waals surface area contributed by atoms with Crippen molar-refractivity contribution in [3.05, 3.63) is 58.1 Å². The highest BCUT2D eigenvalue weighted by Crippen LogP contribution is 2.46. The number of methoxy groups -OCH3 is 1. The number of urea groups is 1. The van der Waals surface area contributed by atoms with Crippen LogP contribution in [0.3, 0.4) is 0 Å². The number of hydrogen-bond donors (Lipinski definition) is 1. The number of non-ortho nitro benzene ring substituents is 1. The molecule has 3 aliphatic rings. The predicted octanol–water partition coefficient (Wildman–Crippen LogP) is 1.63. The summed E-state index contributed by atoms with van der Waals surface area (Å²) in [4.78, 5) is 53.7. The summed E-state index contributed by atoms with van der Waals surface area (Å²) in [6.45, 7) is 0.869. The van der Waals surface area contributed by atoms with Crippen molar-refractivity contribution in [2.24, 2.45) is 5.41 Å². The van der Waals surface area contributed by atoms with Crippen molar-refractivity contribution in [1.82, 2.24) is 5.32 Å². The van der Waals surface area contributed by atoms with Crippen molar-refractivity contribution >= 4 is 34.9 Å². The monoisotopic (exact) mass is 452 g/mol.